The smallest absolute Gasteiger partial charge is 0.273 e. The van der Waals surface area contributed by atoms with E-state index < -0.39 is 5.91 Å². The van der Waals surface area contributed by atoms with E-state index in [4.69, 9.17) is 0 Å². The van der Waals surface area contributed by atoms with Crippen LogP contribution in [0.5, 0.6) is 0 Å². The van der Waals surface area contributed by atoms with Crippen LogP contribution >= 0.6 is 11.3 Å². The molecule has 0 saturated carbocycles. The average molecular weight is 480 g/mol. The van der Waals surface area contributed by atoms with E-state index in [1.165, 1.54) is 4.57 Å². The summed E-state index contributed by atoms with van der Waals surface area (Å²) in [5, 5.41) is 12.9. The number of rotatable bonds is 5. The number of hydrogen-bond acceptors (Lipinski definition) is 4. The predicted octanol–water partition coefficient (Wildman–Crippen LogP) is 3.90. The van der Waals surface area contributed by atoms with E-state index in [1.807, 2.05) is 93.6 Å². The summed E-state index contributed by atoms with van der Waals surface area (Å²) in [7, 11) is 0. The molecule has 1 heterocycles. The first-order valence-electron chi connectivity index (χ1n) is 11.3. The first-order valence-corrected chi connectivity index (χ1v) is 12.1. The maximum atomic E-state index is 13.5. The van der Waals surface area contributed by atoms with Gasteiger partial charge in [-0.05, 0) is 55.7 Å². The number of benzene rings is 3. The fraction of sp³-hybridized carbons (Fsp3) is 0.138. The van der Waals surface area contributed by atoms with E-state index in [2.05, 4.69) is 11.4 Å². The standard InChI is InChI=1S/C29H25N3O2S/c1-19-14-15-23(20(2)16-19)17-26-28(34)32(24-12-8-5-9-13-24)29(35-26)25(18-30)27(33)31-21(3)22-10-6-4-7-11-22/h4-17,21H,1-3H3,(H,31,33). The molecule has 5 nitrogen and oxygen atoms in total. The lowest BCUT2D eigenvalue weighted by Gasteiger charge is -2.13. The van der Waals surface area contributed by atoms with Crippen molar-refractivity contribution in [3.63, 3.8) is 0 Å². The maximum Gasteiger partial charge on any atom is 0.273 e. The second kappa shape index (κ2) is 10.4. The SMILES string of the molecule is Cc1ccc(C=c2sc(=C(C#N)C(=O)NC(C)c3ccccc3)n(-c3ccccc3)c2=O)c(C)c1. The number of hydrogen-bond donors (Lipinski definition) is 1. The van der Waals surface area contributed by atoms with Crippen LogP contribution in [0.25, 0.3) is 17.3 Å². The van der Waals surface area contributed by atoms with Gasteiger partial charge < -0.3 is 5.32 Å². The van der Waals surface area contributed by atoms with Crippen molar-refractivity contribution in [3.8, 4) is 11.8 Å². The highest BCUT2D eigenvalue weighted by Crippen LogP contribution is 2.13. The monoisotopic (exact) mass is 479 g/mol. The van der Waals surface area contributed by atoms with E-state index in [9.17, 15) is 14.9 Å². The molecule has 6 heteroatoms. The largest absolute Gasteiger partial charge is 0.345 e. The average Bonchev–Trinajstić information content (AvgIpc) is 3.17. The van der Waals surface area contributed by atoms with Gasteiger partial charge in [-0.2, -0.15) is 5.26 Å². The minimum atomic E-state index is -0.521. The van der Waals surface area contributed by atoms with Crippen LogP contribution in [-0.2, 0) is 4.79 Å². The molecule has 0 fully saturated rings. The number of para-hydroxylation sites is 1. The summed E-state index contributed by atoms with van der Waals surface area (Å²) < 4.78 is 2.20. The minimum absolute atomic E-state index is 0.0981. The van der Waals surface area contributed by atoms with E-state index in [0.717, 1.165) is 33.6 Å². The second-order valence-corrected chi connectivity index (χ2v) is 9.38. The molecule has 4 rings (SSSR count). The van der Waals surface area contributed by atoms with Crippen LogP contribution in [0.15, 0.2) is 83.7 Å². The number of aromatic nitrogens is 1. The Bertz CT molecular complexity index is 1590. The zero-order chi connectivity index (χ0) is 24.9. The normalized spacial score (nSPS) is 13.1. The van der Waals surface area contributed by atoms with Gasteiger partial charge in [-0.3, -0.25) is 14.2 Å². The lowest BCUT2D eigenvalue weighted by molar-refractivity contribution is -0.116. The molecule has 0 spiro atoms. The summed E-state index contributed by atoms with van der Waals surface area (Å²) in [4.78, 5) is 26.8. The fourth-order valence-corrected chi connectivity index (χ4v) is 4.97. The summed E-state index contributed by atoms with van der Waals surface area (Å²) >= 11 is 1.15. The Kier molecular flexibility index (Phi) is 7.09. The summed E-state index contributed by atoms with van der Waals surface area (Å²) in [5.41, 5.74) is 4.25. The number of carbonyl (C=O) groups is 1. The number of nitrogens with zero attached hydrogens (tertiary/aromatic N) is 2. The summed E-state index contributed by atoms with van der Waals surface area (Å²) in [5.74, 6) is -0.521. The number of thiazole rings is 1. The van der Waals surface area contributed by atoms with E-state index >= 15 is 0 Å². The van der Waals surface area contributed by atoms with Crippen molar-refractivity contribution in [2.45, 2.75) is 26.8 Å². The van der Waals surface area contributed by atoms with Crippen LogP contribution in [-0.4, -0.2) is 10.5 Å². The van der Waals surface area contributed by atoms with Crippen molar-refractivity contribution in [2.24, 2.45) is 0 Å². The molecule has 1 aromatic heterocycles. The Balaban J connectivity index is 1.91. The zero-order valence-electron chi connectivity index (χ0n) is 19.8. The number of carbonyl (C=O) groups excluding carboxylic acids is 1. The van der Waals surface area contributed by atoms with Crippen molar-refractivity contribution >= 4 is 28.9 Å². The third-order valence-electron chi connectivity index (χ3n) is 5.75. The molecule has 0 aliphatic carbocycles. The first-order chi connectivity index (χ1) is 16.9. The zero-order valence-corrected chi connectivity index (χ0v) is 20.6. The maximum absolute atomic E-state index is 13.5. The van der Waals surface area contributed by atoms with Crippen LogP contribution in [0.1, 0.15) is 35.2 Å². The third-order valence-corrected chi connectivity index (χ3v) is 6.84. The van der Waals surface area contributed by atoms with E-state index in [-0.39, 0.29) is 17.2 Å². The molecule has 4 aromatic rings. The lowest BCUT2D eigenvalue weighted by Crippen LogP contribution is -2.34. The predicted molar refractivity (Wildman–Crippen MR) is 141 cm³/mol. The Morgan fingerprint density at radius 3 is 2.31 bits per heavy atom. The summed E-state index contributed by atoms with van der Waals surface area (Å²) in [6, 6.07) is 26.4. The molecule has 1 atom stereocenters. The van der Waals surface area contributed by atoms with Gasteiger partial charge in [0.2, 0.25) is 0 Å². The second-order valence-electron chi connectivity index (χ2n) is 8.34. The molecule has 3 aromatic carbocycles. The first kappa shape index (κ1) is 23.9. The number of nitriles is 1. The Hall–Kier alpha value is -4.21. The van der Waals surface area contributed by atoms with Crippen molar-refractivity contribution in [1.29, 1.82) is 5.26 Å². The van der Waals surface area contributed by atoms with Gasteiger partial charge in [0.25, 0.3) is 11.5 Å². The van der Waals surface area contributed by atoms with Crippen molar-refractivity contribution in [1.82, 2.24) is 9.88 Å². The van der Waals surface area contributed by atoms with Crippen LogP contribution in [0.3, 0.4) is 0 Å². The summed E-state index contributed by atoms with van der Waals surface area (Å²) in [6.07, 6.45) is 1.82. The molecule has 0 radical (unpaired) electrons. The highest BCUT2D eigenvalue weighted by Gasteiger charge is 2.19. The summed E-state index contributed by atoms with van der Waals surface area (Å²) in [6.45, 7) is 5.88. The van der Waals surface area contributed by atoms with Crippen LogP contribution in [0.4, 0.5) is 0 Å². The number of amides is 1. The number of aryl methyl sites for hydroxylation is 2. The quantitative estimate of drug-likeness (QED) is 0.472. The van der Waals surface area contributed by atoms with Gasteiger partial charge in [0.15, 0.2) is 5.57 Å². The molecule has 1 amide bonds. The van der Waals surface area contributed by atoms with Gasteiger partial charge in [-0.1, -0.05) is 72.3 Å². The Morgan fingerprint density at radius 2 is 1.69 bits per heavy atom. The fourth-order valence-electron chi connectivity index (χ4n) is 3.88. The molecular weight excluding hydrogens is 454 g/mol. The third kappa shape index (κ3) is 5.16. The van der Waals surface area contributed by atoms with Gasteiger partial charge in [0.05, 0.1) is 16.3 Å². The highest BCUT2D eigenvalue weighted by molar-refractivity contribution is 7.07. The minimum Gasteiger partial charge on any atom is -0.345 e. The Labute approximate surface area is 207 Å². The molecule has 1 unspecified atom stereocenters. The van der Waals surface area contributed by atoms with Crippen LogP contribution in [0.2, 0.25) is 0 Å². The molecule has 0 saturated heterocycles. The topological polar surface area (TPSA) is 74.9 Å². The van der Waals surface area contributed by atoms with Crippen molar-refractivity contribution in [2.75, 3.05) is 0 Å². The van der Waals surface area contributed by atoms with Crippen molar-refractivity contribution < 1.29 is 4.79 Å². The molecule has 0 aliphatic heterocycles. The molecule has 0 aliphatic rings. The van der Waals surface area contributed by atoms with Crippen LogP contribution in [0, 0.1) is 25.2 Å². The highest BCUT2D eigenvalue weighted by atomic mass is 32.1. The Morgan fingerprint density at radius 1 is 1.03 bits per heavy atom. The van der Waals surface area contributed by atoms with Crippen LogP contribution < -0.4 is 20.1 Å². The molecule has 174 valence electrons. The number of nitrogens with one attached hydrogen (secondary N) is 1. The molecule has 0 bridgehead atoms. The van der Waals surface area contributed by atoms with Gasteiger partial charge in [0.1, 0.15) is 10.7 Å². The van der Waals surface area contributed by atoms with Gasteiger partial charge in [-0.25, -0.2) is 0 Å². The van der Waals surface area contributed by atoms with Gasteiger partial charge >= 0.3 is 0 Å². The lowest BCUT2D eigenvalue weighted by atomic mass is 10.1. The van der Waals surface area contributed by atoms with Crippen molar-refractivity contribution in [3.05, 3.63) is 121 Å². The molecular formula is C29H25N3O2S. The van der Waals surface area contributed by atoms with E-state index in [1.54, 1.807) is 12.1 Å². The molecule has 1 N–H and O–H groups in total. The van der Waals surface area contributed by atoms with E-state index in [0.29, 0.717) is 14.9 Å². The van der Waals surface area contributed by atoms with Gasteiger partial charge in [-0.15, -0.1) is 11.3 Å². The van der Waals surface area contributed by atoms with Gasteiger partial charge in [0, 0.05) is 0 Å². The molecule has 35 heavy (non-hydrogen) atoms.